The first-order chi connectivity index (χ1) is 10.5. The minimum absolute atomic E-state index is 0.0870. The Bertz CT molecular complexity index is 776. The highest BCUT2D eigenvalue weighted by Crippen LogP contribution is 2.39. The molecule has 1 aliphatic rings. The number of nitrogens with zero attached hydrogens (tertiary/aromatic N) is 4. The Morgan fingerprint density at radius 2 is 2.27 bits per heavy atom. The monoisotopic (exact) mass is 371 g/mol. The van der Waals surface area contributed by atoms with Crippen molar-refractivity contribution in [2.24, 2.45) is 0 Å². The summed E-state index contributed by atoms with van der Waals surface area (Å²) in [5.74, 6) is 0.0870. The van der Waals surface area contributed by atoms with Crippen molar-refractivity contribution in [1.29, 1.82) is 5.26 Å². The van der Waals surface area contributed by atoms with Gasteiger partial charge in [0.25, 0.3) is 0 Å². The maximum absolute atomic E-state index is 13.9. The van der Waals surface area contributed by atoms with E-state index in [0.29, 0.717) is 0 Å². The molecule has 2 aromatic rings. The van der Waals surface area contributed by atoms with Crippen molar-refractivity contribution >= 4 is 32.8 Å². The van der Waals surface area contributed by atoms with Crippen LogP contribution in [0.2, 0.25) is 0 Å². The van der Waals surface area contributed by atoms with Crippen molar-refractivity contribution in [3.63, 3.8) is 0 Å². The third-order valence-corrected chi connectivity index (χ3v) is 4.37. The van der Waals surface area contributed by atoms with E-state index >= 15 is 0 Å². The van der Waals surface area contributed by atoms with Crippen LogP contribution in [0.15, 0.2) is 10.9 Å². The summed E-state index contributed by atoms with van der Waals surface area (Å²) in [4.78, 5) is 7.87. The zero-order valence-electron chi connectivity index (χ0n) is 11.0. The first kappa shape index (κ1) is 15.1. The van der Waals surface area contributed by atoms with Crippen LogP contribution in [0.4, 0.5) is 10.2 Å². The van der Waals surface area contributed by atoms with Crippen LogP contribution in [0.1, 0.15) is 11.8 Å². The van der Waals surface area contributed by atoms with Gasteiger partial charge in [0.1, 0.15) is 40.7 Å². The van der Waals surface area contributed by atoms with Crippen molar-refractivity contribution in [1.82, 2.24) is 14.5 Å². The van der Waals surface area contributed by atoms with Gasteiger partial charge in [-0.3, -0.25) is 4.57 Å². The number of halogens is 2. The summed E-state index contributed by atoms with van der Waals surface area (Å²) in [7, 11) is 0. The molecule has 0 bridgehead atoms. The van der Waals surface area contributed by atoms with Crippen molar-refractivity contribution < 1.29 is 19.3 Å². The third-order valence-electron chi connectivity index (χ3n) is 3.59. The summed E-state index contributed by atoms with van der Waals surface area (Å²) in [5, 5.41) is 28.7. The number of anilines is 1. The standard InChI is InChI=1S/C12H11BrFN5O3/c13-9-4(1-15)6-10(16)17-3-18-11(6)19(9)12-8(21)7(14)5(2-20)22-12/h3,5,7-8,12,20-21H,2H2,(H2,16,17,18)/t5-,7-,8-,12?/m1/s1. The maximum Gasteiger partial charge on any atom is 0.165 e. The lowest BCUT2D eigenvalue weighted by molar-refractivity contribution is -0.0503. The highest BCUT2D eigenvalue weighted by atomic mass is 79.9. The molecule has 1 aliphatic heterocycles. The molecule has 4 N–H and O–H groups in total. The zero-order chi connectivity index (χ0) is 16.0. The fraction of sp³-hybridized carbons (Fsp3) is 0.417. The lowest BCUT2D eigenvalue weighted by atomic mass is 10.1. The van der Waals surface area contributed by atoms with Crippen molar-refractivity contribution in [2.45, 2.75) is 24.6 Å². The number of aliphatic hydroxyl groups is 2. The molecule has 3 heterocycles. The average Bonchev–Trinajstić information content (AvgIpc) is 2.95. The van der Waals surface area contributed by atoms with E-state index in [9.17, 15) is 14.8 Å². The van der Waals surface area contributed by atoms with Crippen LogP contribution in [0.3, 0.4) is 0 Å². The number of hydrogen-bond donors (Lipinski definition) is 3. The molecule has 1 saturated heterocycles. The van der Waals surface area contributed by atoms with Crippen LogP contribution in [0.5, 0.6) is 0 Å². The van der Waals surface area contributed by atoms with Gasteiger partial charge in [0.2, 0.25) is 0 Å². The van der Waals surface area contributed by atoms with E-state index < -0.39 is 31.2 Å². The first-order valence-electron chi connectivity index (χ1n) is 6.29. The van der Waals surface area contributed by atoms with E-state index in [1.165, 1.54) is 10.9 Å². The SMILES string of the molecule is N#Cc1c(Br)n(C2O[C@H](CO)[C@@H](F)[C@H]2O)c2ncnc(N)c12. The first-order valence-corrected chi connectivity index (χ1v) is 7.09. The normalized spacial score (nSPS) is 28.1. The Morgan fingerprint density at radius 1 is 1.55 bits per heavy atom. The van der Waals surface area contributed by atoms with Gasteiger partial charge in [-0.25, -0.2) is 14.4 Å². The molecule has 2 aromatic heterocycles. The number of nitrogens with two attached hydrogens (primary N) is 1. The molecule has 0 spiro atoms. The molecule has 3 rings (SSSR count). The lowest BCUT2D eigenvalue weighted by Crippen LogP contribution is -2.29. The smallest absolute Gasteiger partial charge is 0.165 e. The van der Waals surface area contributed by atoms with Gasteiger partial charge in [-0.05, 0) is 15.9 Å². The van der Waals surface area contributed by atoms with Crippen LogP contribution < -0.4 is 5.73 Å². The van der Waals surface area contributed by atoms with E-state index in [-0.39, 0.29) is 27.0 Å². The van der Waals surface area contributed by atoms with Crippen molar-refractivity contribution in [3.8, 4) is 6.07 Å². The van der Waals surface area contributed by atoms with Crippen LogP contribution in [0.25, 0.3) is 11.0 Å². The molecule has 8 nitrogen and oxygen atoms in total. The molecule has 0 amide bonds. The van der Waals surface area contributed by atoms with Crippen LogP contribution >= 0.6 is 15.9 Å². The number of nitriles is 1. The van der Waals surface area contributed by atoms with Crippen molar-refractivity contribution in [3.05, 3.63) is 16.5 Å². The van der Waals surface area contributed by atoms with Gasteiger partial charge in [-0.2, -0.15) is 5.26 Å². The van der Waals surface area contributed by atoms with E-state index in [0.717, 1.165) is 0 Å². The molecule has 22 heavy (non-hydrogen) atoms. The van der Waals surface area contributed by atoms with E-state index in [1.54, 1.807) is 0 Å². The van der Waals surface area contributed by atoms with Crippen molar-refractivity contribution in [2.75, 3.05) is 12.3 Å². The van der Waals surface area contributed by atoms with Crippen LogP contribution in [-0.4, -0.2) is 49.7 Å². The fourth-order valence-corrected chi connectivity index (χ4v) is 3.19. The van der Waals surface area contributed by atoms with Gasteiger partial charge in [-0.15, -0.1) is 0 Å². The minimum atomic E-state index is -1.76. The summed E-state index contributed by atoms with van der Waals surface area (Å²) in [6.07, 6.45) is -4.40. The summed E-state index contributed by atoms with van der Waals surface area (Å²) in [6.45, 7) is -0.576. The number of rotatable bonds is 2. The van der Waals surface area contributed by atoms with Gasteiger partial charge in [0, 0.05) is 0 Å². The predicted octanol–water partition coefficient (Wildman–Crippen LogP) is 0.236. The summed E-state index contributed by atoms with van der Waals surface area (Å²) >= 11 is 3.23. The van der Waals surface area contributed by atoms with Gasteiger partial charge in [0.15, 0.2) is 12.4 Å². The van der Waals surface area contributed by atoms with Gasteiger partial charge >= 0.3 is 0 Å². The Hall–Kier alpha value is -1.80. The number of ether oxygens (including phenoxy) is 1. The molecule has 1 unspecified atom stereocenters. The fourth-order valence-electron chi connectivity index (χ4n) is 2.53. The average molecular weight is 372 g/mol. The van der Waals surface area contributed by atoms with Gasteiger partial charge in [0.05, 0.1) is 17.6 Å². The second-order valence-electron chi connectivity index (χ2n) is 4.79. The topological polar surface area (TPSA) is 130 Å². The summed E-state index contributed by atoms with van der Waals surface area (Å²) in [5.41, 5.74) is 6.16. The van der Waals surface area contributed by atoms with E-state index in [2.05, 4.69) is 25.9 Å². The lowest BCUT2D eigenvalue weighted by Gasteiger charge is -2.18. The summed E-state index contributed by atoms with van der Waals surface area (Å²) < 4.78 is 20.9. The largest absolute Gasteiger partial charge is 0.394 e. The number of nitrogen functional groups attached to an aromatic ring is 1. The zero-order valence-corrected chi connectivity index (χ0v) is 12.6. The molecule has 0 saturated carbocycles. The van der Waals surface area contributed by atoms with Gasteiger partial charge < -0.3 is 20.7 Å². The van der Waals surface area contributed by atoms with Gasteiger partial charge in [-0.1, -0.05) is 0 Å². The number of fused-ring (bicyclic) bond motifs is 1. The second-order valence-corrected chi connectivity index (χ2v) is 5.54. The minimum Gasteiger partial charge on any atom is -0.394 e. The molecule has 4 atom stereocenters. The van der Waals surface area contributed by atoms with E-state index in [1.807, 2.05) is 6.07 Å². The number of aromatic nitrogens is 3. The van der Waals surface area contributed by atoms with Crippen LogP contribution in [0, 0.1) is 11.3 Å². The quantitative estimate of drug-likeness (QED) is 0.688. The highest BCUT2D eigenvalue weighted by Gasteiger charge is 2.46. The Morgan fingerprint density at radius 3 is 2.86 bits per heavy atom. The Balaban J connectivity index is 2.23. The molecular weight excluding hydrogens is 361 g/mol. The molecule has 10 heteroatoms. The maximum atomic E-state index is 13.9. The molecule has 0 aliphatic carbocycles. The summed E-state index contributed by atoms with van der Waals surface area (Å²) in [6, 6.07) is 1.97. The molecular formula is C12H11BrFN5O3. The molecule has 116 valence electrons. The highest BCUT2D eigenvalue weighted by molar-refractivity contribution is 9.10. The molecule has 1 fully saturated rings. The number of hydrogen-bond acceptors (Lipinski definition) is 7. The predicted molar refractivity (Wildman–Crippen MR) is 76.3 cm³/mol. The number of aliphatic hydroxyl groups excluding tert-OH is 2. The second kappa shape index (κ2) is 5.44. The third kappa shape index (κ3) is 1.98. The molecule has 0 aromatic carbocycles. The van der Waals surface area contributed by atoms with Crippen LogP contribution in [-0.2, 0) is 4.74 Å². The van der Waals surface area contributed by atoms with E-state index in [4.69, 9.17) is 15.6 Å². The number of alkyl halides is 1. The Labute approximate surface area is 132 Å². The molecule has 0 radical (unpaired) electrons. The Kier molecular flexibility index (Phi) is 3.73.